The van der Waals surface area contributed by atoms with Crippen molar-refractivity contribution in [3.05, 3.63) is 59.7 Å². The first kappa shape index (κ1) is 19.2. The SMILES string of the molecule is CCCC(=O)Nc1ccc(C(=O)OCC(=O)c2ccc(OC)cc2)cc1. The number of ketones is 1. The molecular weight excluding hydrogens is 334 g/mol. The molecule has 0 heterocycles. The van der Waals surface area contributed by atoms with Crippen LogP contribution in [0.5, 0.6) is 5.75 Å². The highest BCUT2D eigenvalue weighted by atomic mass is 16.5. The summed E-state index contributed by atoms with van der Waals surface area (Å²) in [4.78, 5) is 35.6. The Bertz CT molecular complexity index is 766. The molecule has 0 aliphatic rings. The van der Waals surface area contributed by atoms with Crippen molar-refractivity contribution in [1.82, 2.24) is 0 Å². The molecule has 6 nitrogen and oxygen atoms in total. The van der Waals surface area contributed by atoms with Gasteiger partial charge < -0.3 is 14.8 Å². The number of hydrogen-bond donors (Lipinski definition) is 1. The Morgan fingerprint density at radius 3 is 2.12 bits per heavy atom. The van der Waals surface area contributed by atoms with E-state index in [1.165, 1.54) is 0 Å². The monoisotopic (exact) mass is 355 g/mol. The lowest BCUT2D eigenvalue weighted by atomic mass is 10.1. The number of anilines is 1. The Morgan fingerprint density at radius 2 is 1.54 bits per heavy atom. The first-order chi connectivity index (χ1) is 12.5. The molecule has 0 aliphatic heterocycles. The van der Waals surface area contributed by atoms with Gasteiger partial charge in [-0.3, -0.25) is 9.59 Å². The minimum Gasteiger partial charge on any atom is -0.497 e. The van der Waals surface area contributed by atoms with E-state index in [1.807, 2.05) is 6.92 Å². The molecule has 2 aromatic rings. The van der Waals surface area contributed by atoms with E-state index in [4.69, 9.17) is 9.47 Å². The highest BCUT2D eigenvalue weighted by molar-refractivity contribution is 5.99. The van der Waals surface area contributed by atoms with E-state index in [-0.39, 0.29) is 18.3 Å². The zero-order valence-corrected chi connectivity index (χ0v) is 14.8. The van der Waals surface area contributed by atoms with E-state index in [2.05, 4.69) is 5.32 Å². The summed E-state index contributed by atoms with van der Waals surface area (Å²) in [5.41, 5.74) is 1.35. The van der Waals surface area contributed by atoms with Crippen LogP contribution in [0.2, 0.25) is 0 Å². The molecule has 0 unspecified atom stereocenters. The fraction of sp³-hybridized carbons (Fsp3) is 0.250. The molecule has 136 valence electrons. The Hall–Kier alpha value is -3.15. The number of rotatable bonds is 8. The minimum atomic E-state index is -0.599. The van der Waals surface area contributed by atoms with Crippen molar-refractivity contribution in [3.8, 4) is 5.75 Å². The molecule has 0 radical (unpaired) electrons. The molecule has 2 rings (SSSR count). The van der Waals surface area contributed by atoms with Crippen molar-refractivity contribution in [2.24, 2.45) is 0 Å². The third-order valence-electron chi connectivity index (χ3n) is 3.63. The Morgan fingerprint density at radius 1 is 0.923 bits per heavy atom. The summed E-state index contributed by atoms with van der Waals surface area (Å²) in [6.45, 7) is 1.58. The number of nitrogens with one attached hydrogen (secondary N) is 1. The fourth-order valence-corrected chi connectivity index (χ4v) is 2.21. The molecule has 2 aromatic carbocycles. The maximum atomic E-state index is 12.1. The molecule has 0 spiro atoms. The Balaban J connectivity index is 1.88. The Labute approximate surface area is 152 Å². The molecule has 26 heavy (non-hydrogen) atoms. The standard InChI is InChI=1S/C20H21NO5/c1-3-4-19(23)21-16-9-5-15(6-10-16)20(24)26-13-18(22)14-7-11-17(25-2)12-8-14/h5-12H,3-4,13H2,1-2H3,(H,21,23). The van der Waals surface area contributed by atoms with Gasteiger partial charge in [-0.1, -0.05) is 6.92 Å². The largest absolute Gasteiger partial charge is 0.497 e. The topological polar surface area (TPSA) is 81.7 Å². The second-order valence-corrected chi connectivity index (χ2v) is 5.60. The molecule has 0 bridgehead atoms. The van der Waals surface area contributed by atoms with Crippen LogP contribution < -0.4 is 10.1 Å². The third-order valence-corrected chi connectivity index (χ3v) is 3.63. The zero-order chi connectivity index (χ0) is 18.9. The molecule has 0 aliphatic carbocycles. The van der Waals surface area contributed by atoms with Gasteiger partial charge in [0, 0.05) is 17.7 Å². The van der Waals surface area contributed by atoms with E-state index in [0.29, 0.717) is 29.0 Å². The predicted molar refractivity (Wildman–Crippen MR) is 97.6 cm³/mol. The smallest absolute Gasteiger partial charge is 0.338 e. The summed E-state index contributed by atoms with van der Waals surface area (Å²) >= 11 is 0. The number of methoxy groups -OCH3 is 1. The van der Waals surface area contributed by atoms with Crippen LogP contribution in [0.25, 0.3) is 0 Å². The zero-order valence-electron chi connectivity index (χ0n) is 14.8. The van der Waals surface area contributed by atoms with E-state index in [1.54, 1.807) is 55.6 Å². The van der Waals surface area contributed by atoms with Crippen molar-refractivity contribution in [2.75, 3.05) is 19.0 Å². The summed E-state index contributed by atoms with van der Waals surface area (Å²) in [5, 5.41) is 2.73. The van der Waals surface area contributed by atoms with Gasteiger partial charge in [0.25, 0.3) is 0 Å². The second-order valence-electron chi connectivity index (χ2n) is 5.60. The predicted octanol–water partition coefficient (Wildman–Crippen LogP) is 3.47. The molecule has 1 amide bonds. The van der Waals surface area contributed by atoms with Crippen LogP contribution in [0.4, 0.5) is 5.69 Å². The normalized spacial score (nSPS) is 10.1. The number of carbonyl (C=O) groups is 3. The summed E-state index contributed by atoms with van der Waals surface area (Å²) < 4.78 is 10.1. The number of benzene rings is 2. The van der Waals surface area contributed by atoms with Gasteiger partial charge in [-0.05, 0) is 55.0 Å². The van der Waals surface area contributed by atoms with E-state index in [9.17, 15) is 14.4 Å². The van der Waals surface area contributed by atoms with Crippen molar-refractivity contribution in [2.45, 2.75) is 19.8 Å². The van der Waals surface area contributed by atoms with Crippen LogP contribution in [0.15, 0.2) is 48.5 Å². The van der Waals surface area contributed by atoms with Gasteiger partial charge in [-0.2, -0.15) is 0 Å². The van der Waals surface area contributed by atoms with Crippen molar-refractivity contribution < 1.29 is 23.9 Å². The van der Waals surface area contributed by atoms with Crippen LogP contribution in [-0.4, -0.2) is 31.4 Å². The van der Waals surface area contributed by atoms with Gasteiger partial charge in [0.15, 0.2) is 12.4 Å². The number of ether oxygens (including phenoxy) is 2. The molecule has 0 atom stereocenters. The van der Waals surface area contributed by atoms with E-state index in [0.717, 1.165) is 6.42 Å². The summed E-state index contributed by atoms with van der Waals surface area (Å²) in [6.07, 6.45) is 1.20. The second kappa shape index (κ2) is 9.36. The van der Waals surface area contributed by atoms with Crippen LogP contribution in [0.3, 0.4) is 0 Å². The van der Waals surface area contributed by atoms with Crippen LogP contribution in [0.1, 0.15) is 40.5 Å². The van der Waals surface area contributed by atoms with Crippen LogP contribution in [0, 0.1) is 0 Å². The maximum Gasteiger partial charge on any atom is 0.338 e. The first-order valence-corrected chi connectivity index (χ1v) is 8.27. The van der Waals surface area contributed by atoms with Gasteiger partial charge in [0.05, 0.1) is 12.7 Å². The lowest BCUT2D eigenvalue weighted by Gasteiger charge is -2.07. The van der Waals surface area contributed by atoms with Crippen molar-refractivity contribution in [3.63, 3.8) is 0 Å². The third kappa shape index (κ3) is 5.44. The molecule has 0 saturated heterocycles. The molecule has 0 saturated carbocycles. The summed E-state index contributed by atoms with van der Waals surface area (Å²) in [7, 11) is 1.54. The number of Topliss-reactive ketones (excluding diaryl/α,β-unsaturated/α-hetero) is 1. The van der Waals surface area contributed by atoms with Gasteiger partial charge in [0.2, 0.25) is 5.91 Å². The fourth-order valence-electron chi connectivity index (χ4n) is 2.21. The lowest BCUT2D eigenvalue weighted by molar-refractivity contribution is -0.116. The average Bonchev–Trinajstić information content (AvgIpc) is 2.66. The molecule has 6 heteroatoms. The van der Waals surface area contributed by atoms with E-state index < -0.39 is 5.97 Å². The van der Waals surface area contributed by atoms with E-state index >= 15 is 0 Å². The summed E-state index contributed by atoms with van der Waals surface area (Å²) in [5.74, 6) is -0.333. The number of amides is 1. The van der Waals surface area contributed by atoms with Crippen LogP contribution in [-0.2, 0) is 9.53 Å². The summed E-state index contributed by atoms with van der Waals surface area (Å²) in [6, 6.07) is 12.9. The number of carbonyl (C=O) groups excluding carboxylic acids is 3. The van der Waals surface area contributed by atoms with Crippen molar-refractivity contribution in [1.29, 1.82) is 0 Å². The highest BCUT2D eigenvalue weighted by Crippen LogP contribution is 2.13. The quantitative estimate of drug-likeness (QED) is 0.579. The van der Waals surface area contributed by atoms with Crippen LogP contribution >= 0.6 is 0 Å². The Kier molecular flexibility index (Phi) is 6.91. The first-order valence-electron chi connectivity index (χ1n) is 8.27. The molecule has 1 N–H and O–H groups in total. The number of hydrogen-bond acceptors (Lipinski definition) is 5. The minimum absolute atomic E-state index is 0.0760. The van der Waals surface area contributed by atoms with Gasteiger partial charge in [-0.15, -0.1) is 0 Å². The van der Waals surface area contributed by atoms with Gasteiger partial charge in [-0.25, -0.2) is 4.79 Å². The molecule has 0 aromatic heterocycles. The molecular formula is C20H21NO5. The average molecular weight is 355 g/mol. The highest BCUT2D eigenvalue weighted by Gasteiger charge is 2.12. The molecule has 0 fully saturated rings. The van der Waals surface area contributed by atoms with Gasteiger partial charge in [0.1, 0.15) is 5.75 Å². The lowest BCUT2D eigenvalue weighted by Crippen LogP contribution is -2.14. The maximum absolute atomic E-state index is 12.1. The van der Waals surface area contributed by atoms with Crippen molar-refractivity contribution >= 4 is 23.3 Å². The van der Waals surface area contributed by atoms with Gasteiger partial charge >= 0.3 is 5.97 Å². The number of esters is 1.